The van der Waals surface area contributed by atoms with Gasteiger partial charge in [0, 0.05) is 45.9 Å². The molecule has 26 heavy (non-hydrogen) atoms. The summed E-state index contributed by atoms with van der Waals surface area (Å²) in [4.78, 5) is 6.84. The largest absolute Gasteiger partial charge is 0.382 e. The minimum absolute atomic E-state index is 0. The lowest BCUT2D eigenvalue weighted by Gasteiger charge is -2.21. The van der Waals surface area contributed by atoms with Crippen molar-refractivity contribution in [3.63, 3.8) is 0 Å². The zero-order chi connectivity index (χ0) is 17.9. The maximum absolute atomic E-state index is 5.46. The number of ether oxygens (including phenoxy) is 2. The van der Waals surface area contributed by atoms with Gasteiger partial charge in [0.15, 0.2) is 5.96 Å². The highest BCUT2D eigenvalue weighted by Gasteiger charge is 2.29. The van der Waals surface area contributed by atoms with Gasteiger partial charge in [-0.1, -0.05) is 30.3 Å². The lowest BCUT2D eigenvalue weighted by molar-refractivity contribution is 0.0733. The highest BCUT2D eigenvalue weighted by molar-refractivity contribution is 14.0. The van der Waals surface area contributed by atoms with Crippen LogP contribution >= 0.6 is 24.0 Å². The van der Waals surface area contributed by atoms with Gasteiger partial charge in [-0.05, 0) is 18.9 Å². The standard InChI is InChI=1S/C19H32N4O2.HI/c1-16-13-18(15-23(16)14-17-7-5-4-6-8-17)22-19(20-2)21-9-10-25-12-11-24-3;/h4-8,16,18H,9-15H2,1-3H3,(H2,20,21,22);1H. The first kappa shape index (κ1) is 23.1. The molecule has 0 saturated carbocycles. The van der Waals surface area contributed by atoms with E-state index in [1.807, 2.05) is 0 Å². The van der Waals surface area contributed by atoms with Crippen LogP contribution in [0.5, 0.6) is 0 Å². The van der Waals surface area contributed by atoms with Crippen molar-refractivity contribution in [1.29, 1.82) is 0 Å². The van der Waals surface area contributed by atoms with Crippen molar-refractivity contribution in [3.8, 4) is 0 Å². The number of halogens is 1. The molecule has 0 radical (unpaired) electrons. The molecule has 1 saturated heterocycles. The molecule has 0 bridgehead atoms. The van der Waals surface area contributed by atoms with Crippen LogP contribution in [0, 0.1) is 0 Å². The molecule has 6 nitrogen and oxygen atoms in total. The summed E-state index contributed by atoms with van der Waals surface area (Å²) in [6.07, 6.45) is 1.12. The van der Waals surface area contributed by atoms with Gasteiger partial charge in [0.2, 0.25) is 0 Å². The maximum Gasteiger partial charge on any atom is 0.191 e. The minimum atomic E-state index is 0. The van der Waals surface area contributed by atoms with Crippen LogP contribution in [0.1, 0.15) is 18.9 Å². The molecule has 2 N–H and O–H groups in total. The Morgan fingerprint density at radius 1 is 1.23 bits per heavy atom. The van der Waals surface area contributed by atoms with E-state index < -0.39 is 0 Å². The van der Waals surface area contributed by atoms with E-state index in [4.69, 9.17) is 9.47 Å². The third-order valence-electron chi connectivity index (χ3n) is 4.47. The molecule has 148 valence electrons. The van der Waals surface area contributed by atoms with Crippen molar-refractivity contribution in [1.82, 2.24) is 15.5 Å². The second kappa shape index (κ2) is 13.3. The number of nitrogens with one attached hydrogen (secondary N) is 2. The molecule has 1 aliphatic rings. The zero-order valence-electron chi connectivity index (χ0n) is 16.1. The van der Waals surface area contributed by atoms with Gasteiger partial charge in [0.1, 0.15) is 0 Å². The van der Waals surface area contributed by atoms with Crippen molar-refractivity contribution >= 4 is 29.9 Å². The molecule has 2 atom stereocenters. The molecule has 1 aromatic carbocycles. The molecular weight excluding hydrogens is 443 g/mol. The monoisotopic (exact) mass is 476 g/mol. The van der Waals surface area contributed by atoms with Gasteiger partial charge < -0.3 is 20.1 Å². The number of rotatable bonds is 9. The zero-order valence-corrected chi connectivity index (χ0v) is 18.4. The summed E-state index contributed by atoms with van der Waals surface area (Å²) >= 11 is 0. The summed E-state index contributed by atoms with van der Waals surface area (Å²) in [5.41, 5.74) is 1.37. The topological polar surface area (TPSA) is 58.1 Å². The summed E-state index contributed by atoms with van der Waals surface area (Å²) in [6, 6.07) is 11.6. The molecule has 1 fully saturated rings. The minimum Gasteiger partial charge on any atom is -0.382 e. The Morgan fingerprint density at radius 3 is 2.69 bits per heavy atom. The number of methoxy groups -OCH3 is 1. The number of hydrogen-bond acceptors (Lipinski definition) is 4. The second-order valence-electron chi connectivity index (χ2n) is 6.45. The normalized spacial score (nSPS) is 20.7. The van der Waals surface area contributed by atoms with Gasteiger partial charge in [0.25, 0.3) is 0 Å². The number of benzene rings is 1. The van der Waals surface area contributed by atoms with E-state index >= 15 is 0 Å². The molecule has 1 heterocycles. The van der Waals surface area contributed by atoms with E-state index in [1.54, 1.807) is 14.2 Å². The van der Waals surface area contributed by atoms with E-state index in [2.05, 4.69) is 57.8 Å². The van der Waals surface area contributed by atoms with Crippen LogP contribution in [0.4, 0.5) is 0 Å². The van der Waals surface area contributed by atoms with Crippen LogP contribution in [0.3, 0.4) is 0 Å². The van der Waals surface area contributed by atoms with Crippen LogP contribution in [0.25, 0.3) is 0 Å². The predicted octanol–water partition coefficient (Wildman–Crippen LogP) is 2.10. The van der Waals surface area contributed by atoms with E-state index in [1.165, 1.54) is 5.56 Å². The Balaban J connectivity index is 0.00000338. The van der Waals surface area contributed by atoms with Gasteiger partial charge in [-0.2, -0.15) is 0 Å². The first-order chi connectivity index (χ1) is 12.2. The molecule has 1 aromatic rings. The average molecular weight is 476 g/mol. The van der Waals surface area contributed by atoms with Gasteiger partial charge in [-0.3, -0.25) is 9.89 Å². The average Bonchev–Trinajstić information content (AvgIpc) is 2.97. The SMILES string of the molecule is CN=C(NCCOCCOC)NC1CC(C)N(Cc2ccccc2)C1.I. The predicted molar refractivity (Wildman–Crippen MR) is 117 cm³/mol. The van der Waals surface area contributed by atoms with Crippen LogP contribution in [-0.2, 0) is 16.0 Å². The van der Waals surface area contributed by atoms with Crippen LogP contribution in [0.2, 0.25) is 0 Å². The number of nitrogens with zero attached hydrogens (tertiary/aromatic N) is 2. The lowest BCUT2D eigenvalue weighted by atomic mass is 10.2. The lowest BCUT2D eigenvalue weighted by Crippen LogP contribution is -2.45. The summed E-state index contributed by atoms with van der Waals surface area (Å²) in [5.74, 6) is 0.842. The fourth-order valence-corrected chi connectivity index (χ4v) is 3.12. The molecule has 7 heteroatoms. The quantitative estimate of drug-likeness (QED) is 0.248. The summed E-state index contributed by atoms with van der Waals surface area (Å²) in [7, 11) is 3.48. The maximum atomic E-state index is 5.46. The molecule has 2 rings (SSSR count). The fraction of sp³-hybridized carbons (Fsp3) is 0.632. The Morgan fingerprint density at radius 2 is 2.00 bits per heavy atom. The third-order valence-corrected chi connectivity index (χ3v) is 4.47. The van der Waals surface area contributed by atoms with Crippen LogP contribution < -0.4 is 10.6 Å². The van der Waals surface area contributed by atoms with Crippen LogP contribution in [0.15, 0.2) is 35.3 Å². The Labute approximate surface area is 174 Å². The Hall–Kier alpha value is -0.900. The molecule has 0 aliphatic carbocycles. The molecule has 2 unspecified atom stereocenters. The number of guanidine groups is 1. The van der Waals surface area contributed by atoms with E-state index in [0.717, 1.165) is 32.0 Å². The fourth-order valence-electron chi connectivity index (χ4n) is 3.12. The number of likely N-dealkylation sites (tertiary alicyclic amines) is 1. The van der Waals surface area contributed by atoms with E-state index in [0.29, 0.717) is 31.9 Å². The van der Waals surface area contributed by atoms with Crippen molar-refractivity contribution < 1.29 is 9.47 Å². The van der Waals surface area contributed by atoms with Crippen molar-refractivity contribution in [2.45, 2.75) is 32.0 Å². The highest BCUT2D eigenvalue weighted by atomic mass is 127. The van der Waals surface area contributed by atoms with E-state index in [9.17, 15) is 0 Å². The van der Waals surface area contributed by atoms with E-state index in [-0.39, 0.29) is 24.0 Å². The van der Waals surface area contributed by atoms with Crippen molar-refractivity contribution in [3.05, 3.63) is 35.9 Å². The van der Waals surface area contributed by atoms with Gasteiger partial charge >= 0.3 is 0 Å². The Bertz CT molecular complexity index is 516. The van der Waals surface area contributed by atoms with Gasteiger partial charge in [-0.25, -0.2) is 0 Å². The molecule has 0 spiro atoms. The van der Waals surface area contributed by atoms with Crippen LogP contribution in [-0.4, -0.2) is 70.0 Å². The molecule has 0 aromatic heterocycles. The molecule has 0 amide bonds. The smallest absolute Gasteiger partial charge is 0.191 e. The van der Waals surface area contributed by atoms with Crippen molar-refractivity contribution in [2.75, 3.05) is 47.1 Å². The van der Waals surface area contributed by atoms with Gasteiger partial charge in [-0.15, -0.1) is 24.0 Å². The highest BCUT2D eigenvalue weighted by Crippen LogP contribution is 2.20. The summed E-state index contributed by atoms with van der Waals surface area (Å²) in [5, 5.41) is 6.84. The second-order valence-corrected chi connectivity index (χ2v) is 6.45. The number of aliphatic imine (C=N–C) groups is 1. The third kappa shape index (κ3) is 8.20. The first-order valence-electron chi connectivity index (χ1n) is 9.04. The number of hydrogen-bond donors (Lipinski definition) is 2. The molecule has 1 aliphatic heterocycles. The summed E-state index contributed by atoms with van der Waals surface area (Å²) in [6.45, 7) is 6.96. The molecular formula is C19H33IN4O2. The first-order valence-corrected chi connectivity index (χ1v) is 9.04. The van der Waals surface area contributed by atoms with Crippen molar-refractivity contribution in [2.24, 2.45) is 4.99 Å². The summed E-state index contributed by atoms with van der Waals surface area (Å²) < 4.78 is 10.4. The Kier molecular flexibility index (Phi) is 11.8. The van der Waals surface area contributed by atoms with Gasteiger partial charge in [0.05, 0.1) is 19.8 Å².